The second-order valence-electron chi connectivity index (χ2n) is 3.58. The van der Waals surface area contributed by atoms with E-state index in [0.29, 0.717) is 5.76 Å². The summed E-state index contributed by atoms with van der Waals surface area (Å²) in [5.41, 5.74) is 1.72. The van der Waals surface area contributed by atoms with Gasteiger partial charge in [-0.15, -0.1) is 0 Å². The molecule has 2 aromatic rings. The Morgan fingerprint density at radius 3 is 2.93 bits per heavy atom. The maximum absolute atomic E-state index is 10.8. The molecule has 15 heavy (non-hydrogen) atoms. The maximum Gasteiger partial charge on any atom is 0.314 e. The zero-order valence-corrected chi connectivity index (χ0v) is 8.52. The third-order valence-electron chi connectivity index (χ3n) is 2.50. The van der Waals surface area contributed by atoms with Gasteiger partial charge in [0, 0.05) is 5.39 Å². The highest BCUT2D eigenvalue weighted by Crippen LogP contribution is 2.27. The Morgan fingerprint density at radius 1 is 1.53 bits per heavy atom. The van der Waals surface area contributed by atoms with E-state index in [-0.39, 0.29) is 0 Å². The highest BCUT2D eigenvalue weighted by atomic mass is 16.5. The number of fused-ring (bicyclic) bond motifs is 1. The van der Waals surface area contributed by atoms with E-state index < -0.39 is 11.9 Å². The molecule has 1 N–H and O–H groups in total. The Kier molecular flexibility index (Phi) is 2.19. The molecule has 0 radical (unpaired) electrons. The van der Waals surface area contributed by atoms with Gasteiger partial charge in [-0.1, -0.05) is 17.3 Å². The number of hydrogen-bond donors (Lipinski definition) is 1. The molecule has 0 bridgehead atoms. The average molecular weight is 205 g/mol. The number of rotatable bonds is 2. The molecule has 4 nitrogen and oxygen atoms in total. The molecule has 2 rings (SSSR count). The molecule has 0 saturated heterocycles. The fraction of sp³-hybridized carbons (Fsp3) is 0.273. The Balaban J connectivity index is 2.64. The lowest BCUT2D eigenvalue weighted by atomic mass is 10.0. The number of carboxylic acids is 1. The van der Waals surface area contributed by atoms with Crippen molar-refractivity contribution >= 4 is 16.9 Å². The van der Waals surface area contributed by atoms with Gasteiger partial charge in [0.15, 0.2) is 5.76 Å². The van der Waals surface area contributed by atoms with E-state index in [0.717, 1.165) is 16.5 Å². The average Bonchev–Trinajstić information content (AvgIpc) is 2.61. The van der Waals surface area contributed by atoms with Crippen molar-refractivity contribution in [1.29, 1.82) is 0 Å². The first-order valence-electron chi connectivity index (χ1n) is 4.69. The van der Waals surface area contributed by atoms with Crippen LogP contribution in [0, 0.1) is 6.92 Å². The largest absolute Gasteiger partial charge is 0.481 e. The zero-order chi connectivity index (χ0) is 11.0. The zero-order valence-electron chi connectivity index (χ0n) is 8.52. The van der Waals surface area contributed by atoms with Crippen molar-refractivity contribution in [2.75, 3.05) is 0 Å². The third-order valence-corrected chi connectivity index (χ3v) is 2.50. The minimum absolute atomic E-state index is 0.418. The molecular weight excluding hydrogens is 194 g/mol. The van der Waals surface area contributed by atoms with Gasteiger partial charge in [-0.3, -0.25) is 4.79 Å². The standard InChI is InChI=1S/C11H11NO3/c1-6-4-3-5-8-9(6)12-15-10(8)7(2)11(13)14/h3-5,7H,1-2H3,(H,13,14). The van der Waals surface area contributed by atoms with Gasteiger partial charge in [0.2, 0.25) is 0 Å². The van der Waals surface area contributed by atoms with E-state index in [2.05, 4.69) is 5.16 Å². The molecule has 1 atom stereocenters. The Labute approximate surface area is 86.5 Å². The topological polar surface area (TPSA) is 63.3 Å². The van der Waals surface area contributed by atoms with Crippen LogP contribution in [0.25, 0.3) is 10.9 Å². The molecular formula is C11H11NO3. The van der Waals surface area contributed by atoms with Gasteiger partial charge in [0.1, 0.15) is 11.4 Å². The number of benzene rings is 1. The van der Waals surface area contributed by atoms with Gasteiger partial charge >= 0.3 is 5.97 Å². The van der Waals surface area contributed by atoms with E-state index in [1.807, 2.05) is 25.1 Å². The molecule has 1 unspecified atom stereocenters. The number of aliphatic carboxylic acids is 1. The van der Waals surface area contributed by atoms with Gasteiger partial charge in [-0.25, -0.2) is 0 Å². The summed E-state index contributed by atoms with van der Waals surface area (Å²) in [7, 11) is 0. The molecule has 4 heteroatoms. The van der Waals surface area contributed by atoms with Crippen molar-refractivity contribution in [1.82, 2.24) is 5.16 Å². The summed E-state index contributed by atoms with van der Waals surface area (Å²) in [6, 6.07) is 5.61. The molecule has 0 saturated carbocycles. The van der Waals surface area contributed by atoms with Crippen molar-refractivity contribution in [3.8, 4) is 0 Å². The monoisotopic (exact) mass is 205 g/mol. The second kappa shape index (κ2) is 3.38. The highest BCUT2D eigenvalue weighted by Gasteiger charge is 2.21. The molecule has 78 valence electrons. The maximum atomic E-state index is 10.8. The lowest BCUT2D eigenvalue weighted by Crippen LogP contribution is -2.06. The first kappa shape index (κ1) is 9.71. The fourth-order valence-electron chi connectivity index (χ4n) is 1.55. The summed E-state index contributed by atoms with van der Waals surface area (Å²) in [6.45, 7) is 3.50. The summed E-state index contributed by atoms with van der Waals surface area (Å²) in [5.74, 6) is -1.16. The molecule has 1 aromatic carbocycles. The van der Waals surface area contributed by atoms with E-state index in [9.17, 15) is 4.79 Å². The normalized spacial score (nSPS) is 12.9. The molecule has 1 aromatic heterocycles. The number of hydrogen-bond acceptors (Lipinski definition) is 3. The van der Waals surface area contributed by atoms with Gasteiger partial charge in [-0.05, 0) is 25.5 Å². The Hall–Kier alpha value is -1.84. The van der Waals surface area contributed by atoms with Crippen molar-refractivity contribution in [2.45, 2.75) is 19.8 Å². The van der Waals surface area contributed by atoms with E-state index in [1.54, 1.807) is 6.92 Å². The molecule has 0 spiro atoms. The Bertz CT molecular complexity index is 516. The lowest BCUT2D eigenvalue weighted by molar-refractivity contribution is -0.138. The van der Waals surface area contributed by atoms with E-state index >= 15 is 0 Å². The number of carboxylic acid groups (broad SMARTS) is 1. The summed E-state index contributed by atoms with van der Waals surface area (Å²) in [4.78, 5) is 10.8. The summed E-state index contributed by atoms with van der Waals surface area (Å²) < 4.78 is 5.09. The summed E-state index contributed by atoms with van der Waals surface area (Å²) in [5, 5.41) is 13.6. The number of aryl methyl sites for hydroxylation is 1. The van der Waals surface area contributed by atoms with Crippen LogP contribution in [0.2, 0.25) is 0 Å². The van der Waals surface area contributed by atoms with Crippen LogP contribution in [0.3, 0.4) is 0 Å². The fourth-order valence-corrected chi connectivity index (χ4v) is 1.55. The second-order valence-corrected chi connectivity index (χ2v) is 3.58. The lowest BCUT2D eigenvalue weighted by Gasteiger charge is -2.00. The number of carbonyl (C=O) groups is 1. The third kappa shape index (κ3) is 1.48. The minimum Gasteiger partial charge on any atom is -0.481 e. The Morgan fingerprint density at radius 2 is 2.27 bits per heavy atom. The van der Waals surface area contributed by atoms with Crippen LogP contribution >= 0.6 is 0 Å². The number of nitrogens with zero attached hydrogens (tertiary/aromatic N) is 1. The quantitative estimate of drug-likeness (QED) is 0.817. The molecule has 0 aliphatic carbocycles. The molecule has 0 amide bonds. The number of aromatic nitrogens is 1. The van der Waals surface area contributed by atoms with Gasteiger partial charge in [-0.2, -0.15) is 0 Å². The first-order chi connectivity index (χ1) is 7.11. The van der Waals surface area contributed by atoms with Crippen LogP contribution in [0.5, 0.6) is 0 Å². The van der Waals surface area contributed by atoms with Crippen LogP contribution in [-0.2, 0) is 4.79 Å². The first-order valence-corrected chi connectivity index (χ1v) is 4.69. The van der Waals surface area contributed by atoms with Crippen LogP contribution in [-0.4, -0.2) is 16.2 Å². The predicted molar refractivity (Wildman–Crippen MR) is 54.8 cm³/mol. The van der Waals surface area contributed by atoms with Crippen LogP contribution < -0.4 is 0 Å². The summed E-state index contributed by atoms with van der Waals surface area (Å²) in [6.07, 6.45) is 0. The van der Waals surface area contributed by atoms with E-state index in [1.165, 1.54) is 0 Å². The highest BCUT2D eigenvalue weighted by molar-refractivity contribution is 5.88. The van der Waals surface area contributed by atoms with Crippen molar-refractivity contribution in [3.05, 3.63) is 29.5 Å². The van der Waals surface area contributed by atoms with Gasteiger partial charge < -0.3 is 9.63 Å². The summed E-state index contributed by atoms with van der Waals surface area (Å²) >= 11 is 0. The smallest absolute Gasteiger partial charge is 0.314 e. The molecule has 0 aliphatic rings. The SMILES string of the molecule is Cc1cccc2c(C(C)C(=O)O)onc12. The van der Waals surface area contributed by atoms with Crippen molar-refractivity contribution in [2.24, 2.45) is 0 Å². The molecule has 0 fully saturated rings. The van der Waals surface area contributed by atoms with Crippen LogP contribution in [0.15, 0.2) is 22.7 Å². The minimum atomic E-state index is -0.908. The molecule has 1 heterocycles. The van der Waals surface area contributed by atoms with E-state index in [4.69, 9.17) is 9.63 Å². The van der Waals surface area contributed by atoms with Crippen molar-refractivity contribution < 1.29 is 14.4 Å². The predicted octanol–water partition coefficient (Wildman–Crippen LogP) is 2.32. The van der Waals surface area contributed by atoms with Crippen LogP contribution in [0.4, 0.5) is 0 Å². The van der Waals surface area contributed by atoms with Gasteiger partial charge in [0.05, 0.1) is 0 Å². The molecule has 0 aliphatic heterocycles. The van der Waals surface area contributed by atoms with Crippen LogP contribution in [0.1, 0.15) is 24.2 Å². The van der Waals surface area contributed by atoms with Crippen molar-refractivity contribution in [3.63, 3.8) is 0 Å². The van der Waals surface area contributed by atoms with Gasteiger partial charge in [0.25, 0.3) is 0 Å².